The van der Waals surface area contributed by atoms with Crippen molar-refractivity contribution in [1.29, 1.82) is 0 Å². The largest absolute Gasteiger partial charge is 0.459 e. The molecule has 0 radical (unpaired) electrons. The van der Waals surface area contributed by atoms with E-state index in [0.717, 1.165) is 17.7 Å². The lowest BCUT2D eigenvalue weighted by Crippen LogP contribution is -2.46. The summed E-state index contributed by atoms with van der Waals surface area (Å²) in [5.74, 6) is 0.264. The van der Waals surface area contributed by atoms with Crippen LogP contribution >= 0.6 is 11.3 Å². The van der Waals surface area contributed by atoms with E-state index in [0.29, 0.717) is 18.8 Å². The van der Waals surface area contributed by atoms with Gasteiger partial charge < -0.3 is 14.6 Å². The fourth-order valence-corrected chi connectivity index (χ4v) is 3.07. The molecular formula is C15H16N2O3S. The maximum Gasteiger partial charge on any atom is 0.289 e. The van der Waals surface area contributed by atoms with E-state index in [-0.39, 0.29) is 17.9 Å². The highest BCUT2D eigenvalue weighted by molar-refractivity contribution is 7.12. The minimum atomic E-state index is -0.0805. The van der Waals surface area contributed by atoms with Gasteiger partial charge in [-0.2, -0.15) is 0 Å². The van der Waals surface area contributed by atoms with Crippen LogP contribution in [0.4, 0.5) is 0 Å². The first-order valence-corrected chi connectivity index (χ1v) is 7.79. The molecule has 2 amide bonds. The van der Waals surface area contributed by atoms with E-state index >= 15 is 0 Å². The maximum atomic E-state index is 12.1. The fourth-order valence-electron chi connectivity index (χ4n) is 2.45. The van der Waals surface area contributed by atoms with Crippen molar-refractivity contribution in [2.45, 2.75) is 18.9 Å². The molecule has 1 saturated heterocycles. The van der Waals surface area contributed by atoms with Crippen molar-refractivity contribution in [3.05, 3.63) is 46.5 Å². The third-order valence-corrected chi connectivity index (χ3v) is 4.46. The Morgan fingerprint density at radius 1 is 1.24 bits per heavy atom. The average molecular weight is 304 g/mol. The van der Waals surface area contributed by atoms with Gasteiger partial charge in [0.15, 0.2) is 5.76 Å². The number of carbonyl (C=O) groups excluding carboxylic acids is 2. The molecule has 5 nitrogen and oxygen atoms in total. The van der Waals surface area contributed by atoms with E-state index in [1.165, 1.54) is 17.6 Å². The number of rotatable bonds is 3. The number of thiophene rings is 1. The molecule has 0 bridgehead atoms. The molecule has 21 heavy (non-hydrogen) atoms. The number of nitrogens with zero attached hydrogens (tertiary/aromatic N) is 1. The van der Waals surface area contributed by atoms with Gasteiger partial charge in [-0.05, 0) is 36.4 Å². The zero-order valence-corrected chi connectivity index (χ0v) is 12.3. The summed E-state index contributed by atoms with van der Waals surface area (Å²) in [6.45, 7) is 1.27. The quantitative estimate of drug-likeness (QED) is 0.947. The second kappa shape index (κ2) is 6.13. The Kier molecular flexibility index (Phi) is 4.06. The number of hydrogen-bond acceptors (Lipinski definition) is 4. The van der Waals surface area contributed by atoms with E-state index < -0.39 is 0 Å². The van der Waals surface area contributed by atoms with Crippen molar-refractivity contribution in [2.24, 2.45) is 0 Å². The molecule has 0 spiro atoms. The van der Waals surface area contributed by atoms with Gasteiger partial charge in [0.25, 0.3) is 11.8 Å². The van der Waals surface area contributed by atoms with Gasteiger partial charge in [0.2, 0.25) is 0 Å². The fraction of sp³-hybridized carbons (Fsp3) is 0.333. The van der Waals surface area contributed by atoms with Crippen LogP contribution in [0.1, 0.15) is 33.1 Å². The standard InChI is InChI=1S/C15H16N2O3S/c18-14(13-4-2-10-21-13)16-11-5-7-17(8-6-11)15(19)12-3-1-9-20-12/h1-4,9-11H,5-8H2,(H,16,18). The van der Waals surface area contributed by atoms with Crippen LogP contribution in [0.2, 0.25) is 0 Å². The second-order valence-corrected chi connectivity index (χ2v) is 5.94. The zero-order valence-electron chi connectivity index (χ0n) is 11.5. The van der Waals surface area contributed by atoms with Gasteiger partial charge in [-0.3, -0.25) is 9.59 Å². The highest BCUT2D eigenvalue weighted by Crippen LogP contribution is 2.16. The molecule has 1 aliphatic rings. The lowest BCUT2D eigenvalue weighted by atomic mass is 10.0. The molecule has 110 valence electrons. The van der Waals surface area contributed by atoms with Crippen LogP contribution in [0.5, 0.6) is 0 Å². The summed E-state index contributed by atoms with van der Waals surface area (Å²) in [5.41, 5.74) is 0. The number of furan rings is 1. The van der Waals surface area contributed by atoms with Gasteiger partial charge in [0, 0.05) is 19.1 Å². The molecule has 1 N–H and O–H groups in total. The van der Waals surface area contributed by atoms with Crippen molar-refractivity contribution in [3.63, 3.8) is 0 Å². The monoisotopic (exact) mass is 304 g/mol. The van der Waals surface area contributed by atoms with Crippen molar-refractivity contribution in [3.8, 4) is 0 Å². The van der Waals surface area contributed by atoms with Crippen LogP contribution in [0.3, 0.4) is 0 Å². The normalized spacial score (nSPS) is 15.9. The smallest absolute Gasteiger partial charge is 0.289 e. The molecule has 0 unspecified atom stereocenters. The Balaban J connectivity index is 1.51. The van der Waals surface area contributed by atoms with E-state index in [1.807, 2.05) is 17.5 Å². The van der Waals surface area contributed by atoms with Crippen LogP contribution in [-0.4, -0.2) is 35.8 Å². The molecule has 3 rings (SSSR count). The van der Waals surface area contributed by atoms with Crippen LogP contribution < -0.4 is 5.32 Å². The van der Waals surface area contributed by atoms with Gasteiger partial charge in [0.1, 0.15) is 0 Å². The Labute approximate surface area is 126 Å². The number of piperidine rings is 1. The molecule has 1 aliphatic heterocycles. The van der Waals surface area contributed by atoms with Crippen LogP contribution in [-0.2, 0) is 0 Å². The molecule has 2 aromatic heterocycles. The highest BCUT2D eigenvalue weighted by Gasteiger charge is 2.26. The number of carbonyl (C=O) groups is 2. The van der Waals surface area contributed by atoms with E-state index in [9.17, 15) is 9.59 Å². The predicted octanol–water partition coefficient (Wildman–Crippen LogP) is 2.38. The van der Waals surface area contributed by atoms with Crippen molar-refractivity contribution < 1.29 is 14.0 Å². The lowest BCUT2D eigenvalue weighted by molar-refractivity contribution is 0.0667. The number of likely N-dealkylation sites (tertiary alicyclic amines) is 1. The second-order valence-electron chi connectivity index (χ2n) is 4.99. The van der Waals surface area contributed by atoms with Crippen molar-refractivity contribution in [1.82, 2.24) is 10.2 Å². The Hall–Kier alpha value is -2.08. The average Bonchev–Trinajstić information content (AvgIpc) is 3.20. The van der Waals surface area contributed by atoms with E-state index in [4.69, 9.17) is 4.42 Å². The van der Waals surface area contributed by atoms with Gasteiger partial charge in [-0.15, -0.1) is 11.3 Å². The SMILES string of the molecule is O=C(NC1CCN(C(=O)c2ccco2)CC1)c1cccs1. The molecule has 0 atom stereocenters. The summed E-state index contributed by atoms with van der Waals surface area (Å²) < 4.78 is 5.13. The Bertz CT molecular complexity index is 599. The van der Waals surface area contributed by atoms with Crippen LogP contribution in [0.25, 0.3) is 0 Å². The molecule has 2 aromatic rings. The molecule has 0 aliphatic carbocycles. The third-order valence-electron chi connectivity index (χ3n) is 3.59. The Morgan fingerprint density at radius 2 is 2.05 bits per heavy atom. The topological polar surface area (TPSA) is 62.6 Å². The van der Waals surface area contributed by atoms with E-state index in [1.54, 1.807) is 17.0 Å². The van der Waals surface area contributed by atoms with Crippen molar-refractivity contribution >= 4 is 23.2 Å². The molecule has 0 aromatic carbocycles. The van der Waals surface area contributed by atoms with Crippen LogP contribution in [0, 0.1) is 0 Å². The van der Waals surface area contributed by atoms with Crippen molar-refractivity contribution in [2.75, 3.05) is 13.1 Å². The van der Waals surface area contributed by atoms with Gasteiger partial charge in [-0.25, -0.2) is 0 Å². The van der Waals surface area contributed by atoms with Gasteiger partial charge in [-0.1, -0.05) is 6.07 Å². The summed E-state index contributed by atoms with van der Waals surface area (Å²) in [7, 11) is 0. The van der Waals surface area contributed by atoms with Crippen LogP contribution in [0.15, 0.2) is 40.3 Å². The summed E-state index contributed by atoms with van der Waals surface area (Å²) in [6, 6.07) is 7.19. The first-order valence-electron chi connectivity index (χ1n) is 6.91. The first-order chi connectivity index (χ1) is 10.2. The summed E-state index contributed by atoms with van der Waals surface area (Å²) >= 11 is 1.43. The summed E-state index contributed by atoms with van der Waals surface area (Å²) in [6.07, 6.45) is 3.04. The van der Waals surface area contributed by atoms with Gasteiger partial charge in [0.05, 0.1) is 11.1 Å². The Morgan fingerprint density at radius 3 is 2.67 bits per heavy atom. The minimum absolute atomic E-state index is 0.0270. The maximum absolute atomic E-state index is 12.1. The third kappa shape index (κ3) is 3.16. The van der Waals surface area contributed by atoms with Gasteiger partial charge >= 0.3 is 0 Å². The number of amides is 2. The molecule has 6 heteroatoms. The number of nitrogens with one attached hydrogen (secondary N) is 1. The lowest BCUT2D eigenvalue weighted by Gasteiger charge is -2.31. The molecule has 0 saturated carbocycles. The molecule has 1 fully saturated rings. The molecule has 3 heterocycles. The highest BCUT2D eigenvalue weighted by atomic mass is 32.1. The first kappa shape index (κ1) is 13.9. The summed E-state index contributed by atoms with van der Waals surface area (Å²) in [5, 5.41) is 4.91. The predicted molar refractivity (Wildman–Crippen MR) is 79.4 cm³/mol. The number of hydrogen-bond donors (Lipinski definition) is 1. The summed E-state index contributed by atoms with van der Waals surface area (Å²) in [4.78, 5) is 26.6. The minimum Gasteiger partial charge on any atom is -0.459 e. The molecular weight excluding hydrogens is 288 g/mol. The van der Waals surface area contributed by atoms with E-state index in [2.05, 4.69) is 5.32 Å². The zero-order chi connectivity index (χ0) is 14.7.